The number of aromatic nitrogens is 2. The third-order valence-corrected chi connectivity index (χ3v) is 3.37. The number of methoxy groups -OCH3 is 1. The number of carbonyl (C=O) groups is 1. The molecule has 0 aliphatic carbocycles. The van der Waals surface area contributed by atoms with Gasteiger partial charge in [-0.2, -0.15) is 5.10 Å². The quantitative estimate of drug-likeness (QED) is 0.591. The number of nitrogens with zero attached hydrogens (tertiary/aromatic N) is 3. The fourth-order valence-corrected chi connectivity index (χ4v) is 2.15. The topological polar surface area (TPSA) is 68.0 Å². The smallest absolute Gasteiger partial charge is 0.291 e. The van der Waals surface area contributed by atoms with E-state index in [1.165, 1.54) is 0 Å². The number of ether oxygens (including phenoxy) is 1. The highest BCUT2D eigenvalue weighted by molar-refractivity contribution is 6.30. The Labute approximate surface area is 137 Å². The summed E-state index contributed by atoms with van der Waals surface area (Å²) in [7, 11) is 1.60. The van der Waals surface area contributed by atoms with Gasteiger partial charge in [0.25, 0.3) is 5.91 Å². The van der Waals surface area contributed by atoms with Crippen molar-refractivity contribution >= 4 is 29.4 Å². The zero-order valence-corrected chi connectivity index (χ0v) is 13.0. The number of hydrogen-bond acceptors (Lipinski definition) is 4. The number of fused-ring (bicyclic) bond motifs is 1. The number of carbonyl (C=O) groups excluding carboxylic acids is 1. The Hall–Kier alpha value is -2.86. The molecule has 116 valence electrons. The molecule has 6 nitrogen and oxygen atoms in total. The van der Waals surface area contributed by atoms with Crippen LogP contribution in [0.1, 0.15) is 16.1 Å². The molecule has 1 N–H and O–H groups in total. The molecule has 2 aromatic heterocycles. The normalized spacial score (nSPS) is 11.0. The molecular weight excluding hydrogens is 316 g/mol. The van der Waals surface area contributed by atoms with Gasteiger partial charge < -0.3 is 9.14 Å². The molecule has 0 unspecified atom stereocenters. The highest BCUT2D eigenvalue weighted by Crippen LogP contribution is 2.12. The molecule has 2 heterocycles. The Morgan fingerprint density at radius 3 is 2.78 bits per heavy atom. The number of hydrogen-bond donors (Lipinski definition) is 1. The summed E-state index contributed by atoms with van der Waals surface area (Å²) < 4.78 is 6.76. The van der Waals surface area contributed by atoms with Crippen LogP contribution in [0.25, 0.3) is 5.65 Å². The highest BCUT2D eigenvalue weighted by Gasteiger charge is 2.09. The number of pyridine rings is 1. The van der Waals surface area contributed by atoms with E-state index in [2.05, 4.69) is 15.5 Å². The molecule has 0 bridgehead atoms. The molecule has 3 rings (SSSR count). The second kappa shape index (κ2) is 6.50. The van der Waals surface area contributed by atoms with Crippen molar-refractivity contribution in [3.8, 4) is 5.75 Å². The third-order valence-electron chi connectivity index (χ3n) is 3.14. The van der Waals surface area contributed by atoms with Crippen molar-refractivity contribution in [1.82, 2.24) is 14.8 Å². The van der Waals surface area contributed by atoms with Crippen LogP contribution >= 0.6 is 11.6 Å². The molecule has 3 aromatic rings. The average molecular weight is 329 g/mol. The maximum Gasteiger partial charge on any atom is 0.291 e. The van der Waals surface area contributed by atoms with Gasteiger partial charge in [0.05, 0.1) is 18.3 Å². The van der Waals surface area contributed by atoms with E-state index in [4.69, 9.17) is 16.3 Å². The van der Waals surface area contributed by atoms with Gasteiger partial charge in [0, 0.05) is 12.4 Å². The Morgan fingerprint density at radius 1 is 1.26 bits per heavy atom. The van der Waals surface area contributed by atoms with Crippen molar-refractivity contribution < 1.29 is 9.53 Å². The maximum absolute atomic E-state index is 12.0. The van der Waals surface area contributed by atoms with Gasteiger partial charge in [-0.15, -0.1) is 0 Å². The summed E-state index contributed by atoms with van der Waals surface area (Å²) in [6, 6.07) is 10.8. The van der Waals surface area contributed by atoms with Crippen LogP contribution in [0.3, 0.4) is 0 Å². The summed E-state index contributed by atoms with van der Waals surface area (Å²) >= 11 is 5.90. The first-order valence-corrected chi connectivity index (χ1v) is 7.15. The zero-order valence-electron chi connectivity index (χ0n) is 12.2. The maximum atomic E-state index is 12.0. The molecule has 0 atom stereocenters. The molecule has 0 aliphatic rings. The third kappa shape index (κ3) is 3.49. The Kier molecular flexibility index (Phi) is 4.25. The summed E-state index contributed by atoms with van der Waals surface area (Å²) in [5.74, 6) is 0.365. The fraction of sp³-hybridized carbons (Fsp3) is 0.0625. The molecule has 0 spiro atoms. The number of imidazole rings is 1. The van der Waals surface area contributed by atoms with Gasteiger partial charge in [0.2, 0.25) is 0 Å². The molecule has 0 saturated heterocycles. The van der Waals surface area contributed by atoms with E-state index in [0.29, 0.717) is 10.7 Å². The molecule has 0 fully saturated rings. The van der Waals surface area contributed by atoms with Gasteiger partial charge in [0.1, 0.15) is 17.1 Å². The van der Waals surface area contributed by atoms with Crippen LogP contribution in [0, 0.1) is 0 Å². The minimum atomic E-state index is -0.394. The highest BCUT2D eigenvalue weighted by atomic mass is 35.5. The molecule has 23 heavy (non-hydrogen) atoms. The Bertz CT molecular complexity index is 871. The minimum absolute atomic E-state index is 0.263. The second-order valence-electron chi connectivity index (χ2n) is 4.71. The summed E-state index contributed by atoms with van der Waals surface area (Å²) in [5, 5.41) is 4.49. The van der Waals surface area contributed by atoms with E-state index < -0.39 is 5.91 Å². The monoisotopic (exact) mass is 328 g/mol. The first-order valence-electron chi connectivity index (χ1n) is 6.77. The van der Waals surface area contributed by atoms with Crippen LogP contribution in [0.2, 0.25) is 5.02 Å². The number of benzene rings is 1. The van der Waals surface area contributed by atoms with Crippen LogP contribution < -0.4 is 10.2 Å². The average Bonchev–Trinajstić information content (AvgIpc) is 2.98. The lowest BCUT2D eigenvalue weighted by molar-refractivity contribution is 0.0951. The summed E-state index contributed by atoms with van der Waals surface area (Å²) in [4.78, 5) is 16.2. The van der Waals surface area contributed by atoms with E-state index in [1.807, 2.05) is 24.3 Å². The first kappa shape index (κ1) is 15.1. The zero-order chi connectivity index (χ0) is 16.2. The van der Waals surface area contributed by atoms with Gasteiger partial charge in [0.15, 0.2) is 0 Å². The Balaban J connectivity index is 1.68. The molecule has 7 heteroatoms. The second-order valence-corrected chi connectivity index (χ2v) is 5.15. The minimum Gasteiger partial charge on any atom is -0.497 e. The van der Waals surface area contributed by atoms with Crippen LogP contribution in [0.5, 0.6) is 5.75 Å². The molecule has 0 saturated carbocycles. The molecule has 0 aliphatic heterocycles. The van der Waals surface area contributed by atoms with Crippen molar-refractivity contribution in [1.29, 1.82) is 0 Å². The predicted octanol–water partition coefficient (Wildman–Crippen LogP) is 2.76. The molecule has 0 radical (unpaired) electrons. The van der Waals surface area contributed by atoms with E-state index in [0.717, 1.165) is 11.3 Å². The lowest BCUT2D eigenvalue weighted by Crippen LogP contribution is -2.17. The number of nitrogens with one attached hydrogen (secondary N) is 1. The number of rotatable bonds is 4. The lowest BCUT2D eigenvalue weighted by atomic mass is 10.2. The van der Waals surface area contributed by atoms with Crippen LogP contribution in [0.15, 0.2) is 53.9 Å². The molecule has 1 aromatic carbocycles. The van der Waals surface area contributed by atoms with Crippen LogP contribution in [-0.4, -0.2) is 28.6 Å². The lowest BCUT2D eigenvalue weighted by Gasteiger charge is -1.99. The summed E-state index contributed by atoms with van der Waals surface area (Å²) in [6.45, 7) is 0. The van der Waals surface area contributed by atoms with Crippen molar-refractivity contribution in [2.75, 3.05) is 7.11 Å². The van der Waals surface area contributed by atoms with Crippen molar-refractivity contribution in [2.24, 2.45) is 5.10 Å². The summed E-state index contributed by atoms with van der Waals surface area (Å²) in [5.41, 5.74) is 4.18. The van der Waals surface area contributed by atoms with Gasteiger partial charge >= 0.3 is 0 Å². The van der Waals surface area contributed by atoms with E-state index in [-0.39, 0.29) is 5.69 Å². The Morgan fingerprint density at radius 2 is 2.04 bits per heavy atom. The number of halogens is 1. The van der Waals surface area contributed by atoms with E-state index in [1.54, 1.807) is 42.3 Å². The molecule has 1 amide bonds. The van der Waals surface area contributed by atoms with Gasteiger partial charge in [-0.3, -0.25) is 4.79 Å². The molecular formula is C16H13ClN4O2. The first-order chi connectivity index (χ1) is 11.2. The van der Waals surface area contributed by atoms with Crippen LogP contribution in [-0.2, 0) is 0 Å². The van der Waals surface area contributed by atoms with Gasteiger partial charge in [-0.1, -0.05) is 11.6 Å². The van der Waals surface area contributed by atoms with Crippen molar-refractivity contribution in [3.05, 3.63) is 65.1 Å². The van der Waals surface area contributed by atoms with Gasteiger partial charge in [-0.25, -0.2) is 10.4 Å². The van der Waals surface area contributed by atoms with E-state index >= 15 is 0 Å². The largest absolute Gasteiger partial charge is 0.497 e. The van der Waals surface area contributed by atoms with E-state index in [9.17, 15) is 4.79 Å². The van der Waals surface area contributed by atoms with Gasteiger partial charge in [-0.05, 0) is 42.0 Å². The standard InChI is InChI=1S/C16H13ClN4O2/c1-23-13-5-2-11(3-6-13)8-18-20-16(22)14-10-21-9-12(17)4-7-15(21)19-14/h2-10H,1H3,(H,20,22)/b18-8-. The number of hydrazone groups is 1. The fourth-order valence-electron chi connectivity index (χ4n) is 1.99. The SMILES string of the molecule is COc1ccc(/C=N\NC(=O)c2cn3cc(Cl)ccc3n2)cc1. The predicted molar refractivity (Wildman–Crippen MR) is 88.3 cm³/mol. The van der Waals surface area contributed by atoms with Crippen molar-refractivity contribution in [2.45, 2.75) is 0 Å². The summed E-state index contributed by atoms with van der Waals surface area (Å²) in [6.07, 6.45) is 4.82. The van der Waals surface area contributed by atoms with Crippen LogP contribution in [0.4, 0.5) is 0 Å². The number of amides is 1. The van der Waals surface area contributed by atoms with Crippen molar-refractivity contribution in [3.63, 3.8) is 0 Å².